The van der Waals surface area contributed by atoms with E-state index in [0.717, 1.165) is 28.2 Å². The van der Waals surface area contributed by atoms with E-state index in [0.29, 0.717) is 23.3 Å². The number of hydrogen-bond acceptors (Lipinski definition) is 5. The Morgan fingerprint density at radius 2 is 1.90 bits per heavy atom. The summed E-state index contributed by atoms with van der Waals surface area (Å²) in [4.78, 5) is 27.3. The van der Waals surface area contributed by atoms with E-state index in [1.54, 1.807) is 28.8 Å². The summed E-state index contributed by atoms with van der Waals surface area (Å²) in [6.45, 7) is 0.527. The van der Waals surface area contributed by atoms with Crippen LogP contribution in [-0.2, 0) is 6.54 Å². The summed E-state index contributed by atoms with van der Waals surface area (Å²) in [5.41, 5.74) is 13.2. The fourth-order valence-corrected chi connectivity index (χ4v) is 3.48. The molecule has 2 aromatic carbocycles. The minimum absolute atomic E-state index is 0. The molecule has 0 saturated carbocycles. The third-order valence-electron chi connectivity index (χ3n) is 4.94. The van der Waals surface area contributed by atoms with Gasteiger partial charge in [0, 0.05) is 23.4 Å². The van der Waals surface area contributed by atoms with Gasteiger partial charge in [-0.25, -0.2) is 9.50 Å². The Balaban J connectivity index is 0.00000218. The molecule has 5 rings (SSSR count). The van der Waals surface area contributed by atoms with Crippen molar-refractivity contribution in [2.45, 2.75) is 6.54 Å². The molecular weight excluding hydrogens is 454 g/mol. The largest absolute Gasteiger partial charge is 1.00 e. The zero-order valence-electron chi connectivity index (χ0n) is 16.1. The Kier molecular flexibility index (Phi) is 5.83. The second kappa shape index (κ2) is 8.39. The first-order valence-electron chi connectivity index (χ1n) is 8.97. The first kappa shape index (κ1) is 20.9. The summed E-state index contributed by atoms with van der Waals surface area (Å²) in [5.74, 6) is -0.762. The van der Waals surface area contributed by atoms with Gasteiger partial charge in [0.2, 0.25) is 0 Å². The molecule has 3 N–H and O–H groups in total. The van der Waals surface area contributed by atoms with Crippen LogP contribution < -0.4 is 68.8 Å². The number of rotatable bonds is 4. The van der Waals surface area contributed by atoms with Gasteiger partial charge in [-0.2, -0.15) is 5.10 Å². The van der Waals surface area contributed by atoms with Crippen LogP contribution in [0, 0.1) is 0 Å². The first-order valence-corrected chi connectivity index (χ1v) is 8.97. The summed E-state index contributed by atoms with van der Waals surface area (Å²) in [5, 5.41) is 10.5. The predicted octanol–water partition coefficient (Wildman–Crippen LogP) is 0.580. The van der Waals surface area contributed by atoms with Crippen molar-refractivity contribution in [3.63, 3.8) is 0 Å². The Morgan fingerprint density at radius 1 is 1.10 bits per heavy atom. The molecule has 0 fully saturated rings. The number of fused-ring (bicyclic) bond motifs is 2. The molecule has 8 nitrogen and oxygen atoms in total. The van der Waals surface area contributed by atoms with Gasteiger partial charge in [0.05, 0.1) is 17.3 Å². The van der Waals surface area contributed by atoms with Crippen LogP contribution >= 0.6 is 0 Å². The number of hydrogen-bond donors (Lipinski definition) is 2. The molecule has 0 atom stereocenters. The van der Waals surface area contributed by atoms with Crippen molar-refractivity contribution >= 4 is 28.8 Å². The topological polar surface area (TPSA) is 112 Å². The minimum atomic E-state index is -0.716. The Hall–Kier alpha value is -2.39. The van der Waals surface area contributed by atoms with Crippen LogP contribution in [0.3, 0.4) is 0 Å². The smallest absolute Gasteiger partial charge is 0.664 e. The molecule has 0 saturated heterocycles. The molecule has 0 aliphatic carbocycles. The van der Waals surface area contributed by atoms with Crippen molar-refractivity contribution in [1.82, 2.24) is 19.9 Å². The third-order valence-corrected chi connectivity index (χ3v) is 4.94. The molecule has 2 amide bonds. The minimum Gasteiger partial charge on any atom is -0.664 e. The molecule has 3 heterocycles. The number of benzene rings is 2. The average Bonchev–Trinajstić information content (AvgIpc) is 3.36. The Labute approximate surface area is 220 Å². The summed E-state index contributed by atoms with van der Waals surface area (Å²) < 4.78 is 1.75. The van der Waals surface area contributed by atoms with Crippen molar-refractivity contribution in [3.05, 3.63) is 83.3 Å². The van der Waals surface area contributed by atoms with E-state index < -0.39 is 5.91 Å². The molecule has 30 heavy (non-hydrogen) atoms. The van der Waals surface area contributed by atoms with Crippen LogP contribution in [0.2, 0.25) is 0 Å². The van der Waals surface area contributed by atoms with E-state index in [1.807, 2.05) is 30.3 Å². The summed E-state index contributed by atoms with van der Waals surface area (Å²) in [6.07, 6.45) is 1.49. The van der Waals surface area contributed by atoms with Gasteiger partial charge in [0.15, 0.2) is 5.65 Å². The zero-order valence-corrected chi connectivity index (χ0v) is 21.1. The van der Waals surface area contributed by atoms with Crippen LogP contribution in [0.25, 0.3) is 22.6 Å². The second-order valence-electron chi connectivity index (χ2n) is 6.71. The molecule has 0 spiro atoms. The molecule has 0 unspecified atom stereocenters. The maximum Gasteiger partial charge on any atom is 1.00 e. The van der Waals surface area contributed by atoms with Gasteiger partial charge in [-0.05, 0) is 47.5 Å². The standard InChI is InChI=1S/C21H16N6O2.Rb/c22-19(28)12-1-4-15(5-2-12)26-17-7-8-18(27-20(17)24-11-25-27)13-3-6-16-14(9-13)10-23-21(16)29;/h1-9,11H,10H2,(H4,22,23,26,28,29);/q;+1/p-1. The molecule has 0 bridgehead atoms. The van der Waals surface area contributed by atoms with Crippen molar-refractivity contribution in [2.75, 3.05) is 5.32 Å². The van der Waals surface area contributed by atoms with Gasteiger partial charge >= 0.3 is 58.2 Å². The van der Waals surface area contributed by atoms with Gasteiger partial charge in [0.1, 0.15) is 6.33 Å². The molecule has 1 aliphatic heterocycles. The van der Waals surface area contributed by atoms with Crippen molar-refractivity contribution in [1.29, 1.82) is 0 Å². The predicted molar refractivity (Wildman–Crippen MR) is 108 cm³/mol. The molecule has 1 aliphatic rings. The Morgan fingerprint density at radius 3 is 2.67 bits per heavy atom. The summed E-state index contributed by atoms with van der Waals surface area (Å²) in [7, 11) is 0. The van der Waals surface area contributed by atoms with Crippen molar-refractivity contribution < 1.29 is 67.8 Å². The maximum absolute atomic E-state index is 11.8. The average molecular weight is 469 g/mol. The van der Waals surface area contributed by atoms with Crippen molar-refractivity contribution in [2.24, 2.45) is 0 Å². The fourth-order valence-electron chi connectivity index (χ4n) is 3.48. The molecule has 142 valence electrons. The van der Waals surface area contributed by atoms with Gasteiger partial charge in [0.25, 0.3) is 5.91 Å². The SMILES string of the molecule is [NH-]C(=O)c1ccc(Nc2ccc(-c3ccc4c(c3)CNC4=O)n3ncnc23)cc1.[Rb+]. The van der Waals surface area contributed by atoms with E-state index in [9.17, 15) is 9.59 Å². The van der Waals surface area contributed by atoms with Crippen LogP contribution in [0.15, 0.2) is 60.9 Å². The van der Waals surface area contributed by atoms with Gasteiger partial charge in [-0.1, -0.05) is 18.2 Å². The molecule has 9 heteroatoms. The van der Waals surface area contributed by atoms with Gasteiger partial charge < -0.3 is 21.2 Å². The fraction of sp³-hybridized carbons (Fsp3) is 0.0476. The van der Waals surface area contributed by atoms with E-state index in [1.165, 1.54) is 6.33 Å². The number of nitrogens with zero attached hydrogens (tertiary/aromatic N) is 3. The monoisotopic (exact) mass is 468 g/mol. The van der Waals surface area contributed by atoms with Crippen LogP contribution in [-0.4, -0.2) is 26.4 Å². The number of nitrogens with one attached hydrogen (secondary N) is 3. The number of pyridine rings is 1. The number of amides is 2. The van der Waals surface area contributed by atoms with Gasteiger partial charge in [-0.15, -0.1) is 0 Å². The number of carbonyl (C=O) groups excluding carboxylic acids is 2. The zero-order chi connectivity index (χ0) is 20.0. The van der Waals surface area contributed by atoms with Crippen LogP contribution in [0.5, 0.6) is 0 Å². The van der Waals surface area contributed by atoms with Crippen LogP contribution in [0.4, 0.5) is 11.4 Å². The summed E-state index contributed by atoms with van der Waals surface area (Å²) >= 11 is 0. The van der Waals surface area contributed by atoms with Crippen LogP contribution in [0.1, 0.15) is 26.3 Å². The first-order chi connectivity index (χ1) is 14.1. The maximum atomic E-state index is 11.8. The second-order valence-corrected chi connectivity index (χ2v) is 6.71. The molecule has 2 aromatic heterocycles. The van der Waals surface area contributed by atoms with Gasteiger partial charge in [-0.3, -0.25) is 4.79 Å². The third kappa shape index (κ3) is 3.71. The van der Waals surface area contributed by atoms with E-state index in [-0.39, 0.29) is 64.1 Å². The number of carbonyl (C=O) groups is 2. The molecule has 4 aromatic rings. The van der Waals surface area contributed by atoms with E-state index in [4.69, 9.17) is 5.73 Å². The Bertz CT molecular complexity index is 1280. The van der Waals surface area contributed by atoms with E-state index in [2.05, 4.69) is 20.7 Å². The summed E-state index contributed by atoms with van der Waals surface area (Å²) in [6, 6.07) is 16.3. The quantitative estimate of drug-likeness (QED) is 0.455. The van der Waals surface area contributed by atoms with E-state index >= 15 is 0 Å². The molecule has 0 radical (unpaired) electrons. The number of aromatic nitrogens is 3. The van der Waals surface area contributed by atoms with Crippen molar-refractivity contribution in [3.8, 4) is 11.3 Å². The normalized spacial score (nSPS) is 12.2. The molecular formula is C21H15N6O2Rb. The number of anilines is 2.